The quantitative estimate of drug-likeness (QED) is 0.786. The van der Waals surface area contributed by atoms with Crippen LogP contribution in [0.4, 0.5) is 4.39 Å². The summed E-state index contributed by atoms with van der Waals surface area (Å²) in [6.45, 7) is 0. The Bertz CT molecular complexity index is 536. The Labute approximate surface area is 111 Å². The number of piperidine rings is 1. The van der Waals surface area contributed by atoms with Crippen LogP contribution in [0.2, 0.25) is 0 Å². The summed E-state index contributed by atoms with van der Waals surface area (Å²) >= 11 is 5.14. The average Bonchev–Trinajstić information content (AvgIpc) is 2.39. The Morgan fingerprint density at radius 2 is 2.28 bits per heavy atom. The fourth-order valence-electron chi connectivity index (χ4n) is 2.49. The van der Waals surface area contributed by atoms with Gasteiger partial charge >= 0.3 is 0 Å². The molecule has 4 heteroatoms. The van der Waals surface area contributed by atoms with Gasteiger partial charge in [0.25, 0.3) is 0 Å². The van der Waals surface area contributed by atoms with Crippen molar-refractivity contribution >= 4 is 22.8 Å². The largest absolute Gasteiger partial charge is 0.373 e. The number of nitrogens with one attached hydrogen (secondary N) is 1. The fraction of sp³-hybridized carbons (Fsp3) is 0.286. The van der Waals surface area contributed by atoms with Crippen LogP contribution in [-0.2, 0) is 0 Å². The number of hydrogen-bond acceptors (Lipinski definition) is 2. The number of pyridine rings is 1. The molecule has 0 amide bonds. The van der Waals surface area contributed by atoms with E-state index < -0.39 is 0 Å². The van der Waals surface area contributed by atoms with E-state index in [9.17, 15) is 4.39 Å². The van der Waals surface area contributed by atoms with E-state index in [1.807, 2.05) is 18.2 Å². The molecule has 2 nitrogen and oxygen atoms in total. The van der Waals surface area contributed by atoms with Gasteiger partial charge in [0.1, 0.15) is 5.83 Å². The van der Waals surface area contributed by atoms with Crippen LogP contribution in [0.5, 0.6) is 0 Å². The molecule has 2 heterocycles. The molecule has 0 spiro atoms. The van der Waals surface area contributed by atoms with E-state index in [0.717, 1.165) is 23.4 Å². The van der Waals surface area contributed by atoms with Crippen LogP contribution in [0.1, 0.15) is 18.4 Å². The molecule has 0 bridgehead atoms. The minimum atomic E-state index is -0.193. The van der Waals surface area contributed by atoms with E-state index in [0.29, 0.717) is 11.5 Å². The summed E-state index contributed by atoms with van der Waals surface area (Å²) in [5, 5.41) is 3.18. The molecule has 3 rings (SSSR count). The molecule has 1 aliphatic heterocycles. The molecule has 1 aromatic heterocycles. The first kappa shape index (κ1) is 11.5. The standard InChI is InChI=1S/C14H13FN2S/c15-12-7-13-9(3-4-14(18)17-13)6-11(12)10-2-1-5-16-8-10/h1-2,5-9,13H,3-4H2,(H,17,18). The fourth-order valence-corrected chi connectivity index (χ4v) is 2.75. The highest BCUT2D eigenvalue weighted by Gasteiger charge is 2.29. The first-order valence-corrected chi connectivity index (χ1v) is 6.44. The van der Waals surface area contributed by atoms with Crippen molar-refractivity contribution in [1.29, 1.82) is 0 Å². The van der Waals surface area contributed by atoms with Crippen molar-refractivity contribution in [2.45, 2.75) is 18.9 Å². The third-order valence-corrected chi connectivity index (χ3v) is 3.75. The molecule has 92 valence electrons. The summed E-state index contributed by atoms with van der Waals surface area (Å²) in [6, 6.07) is 3.71. The molecule has 2 unspecified atom stereocenters. The van der Waals surface area contributed by atoms with Crippen molar-refractivity contribution in [3.63, 3.8) is 0 Å². The molecule has 1 fully saturated rings. The summed E-state index contributed by atoms with van der Waals surface area (Å²) < 4.78 is 14.1. The summed E-state index contributed by atoms with van der Waals surface area (Å²) in [7, 11) is 0. The predicted molar refractivity (Wildman–Crippen MR) is 73.7 cm³/mol. The summed E-state index contributed by atoms with van der Waals surface area (Å²) in [5.74, 6) is 0.118. The lowest BCUT2D eigenvalue weighted by atomic mass is 9.83. The van der Waals surface area contributed by atoms with Crippen LogP contribution in [0.3, 0.4) is 0 Å². The molecule has 0 radical (unpaired) electrons. The highest BCUT2D eigenvalue weighted by Crippen LogP contribution is 2.34. The molecule has 0 saturated carbocycles. The minimum absolute atomic E-state index is 0.00618. The molecule has 18 heavy (non-hydrogen) atoms. The van der Waals surface area contributed by atoms with Crippen LogP contribution in [-0.4, -0.2) is 16.0 Å². The van der Waals surface area contributed by atoms with Crippen molar-refractivity contribution in [2.75, 3.05) is 0 Å². The molecule has 1 aromatic rings. The van der Waals surface area contributed by atoms with E-state index in [1.54, 1.807) is 18.5 Å². The molecule has 2 atom stereocenters. The average molecular weight is 260 g/mol. The van der Waals surface area contributed by atoms with Crippen LogP contribution in [0.25, 0.3) is 5.57 Å². The number of hydrogen-bond donors (Lipinski definition) is 1. The van der Waals surface area contributed by atoms with Crippen LogP contribution in [0, 0.1) is 5.92 Å². The lowest BCUT2D eigenvalue weighted by Crippen LogP contribution is -2.43. The molecule has 1 N–H and O–H groups in total. The summed E-state index contributed by atoms with van der Waals surface area (Å²) in [4.78, 5) is 4.87. The summed E-state index contributed by atoms with van der Waals surface area (Å²) in [6.07, 6.45) is 8.88. The van der Waals surface area contributed by atoms with Crippen molar-refractivity contribution in [3.05, 3.63) is 48.1 Å². The normalized spacial score (nSPS) is 26.8. The zero-order valence-corrected chi connectivity index (χ0v) is 10.6. The second kappa shape index (κ2) is 4.61. The number of halogens is 1. The van der Waals surface area contributed by atoms with Crippen LogP contribution in [0.15, 0.2) is 42.5 Å². The van der Waals surface area contributed by atoms with Gasteiger partial charge in [-0.05, 0) is 25.0 Å². The van der Waals surface area contributed by atoms with E-state index in [1.165, 1.54) is 0 Å². The SMILES string of the molecule is FC1=CC2NC(=S)CCC2C=C1c1cccnc1. The third kappa shape index (κ3) is 2.08. The van der Waals surface area contributed by atoms with Gasteiger partial charge in [0.05, 0.1) is 11.0 Å². The molecule has 2 aliphatic rings. The Hall–Kier alpha value is -1.55. The monoisotopic (exact) mass is 260 g/mol. The van der Waals surface area contributed by atoms with Gasteiger partial charge in [-0.1, -0.05) is 24.4 Å². The zero-order chi connectivity index (χ0) is 12.5. The van der Waals surface area contributed by atoms with E-state index in [4.69, 9.17) is 12.2 Å². The van der Waals surface area contributed by atoms with Gasteiger partial charge in [-0.25, -0.2) is 4.39 Å². The van der Waals surface area contributed by atoms with Gasteiger partial charge in [0, 0.05) is 29.4 Å². The maximum atomic E-state index is 14.1. The van der Waals surface area contributed by atoms with Gasteiger partial charge in [0.2, 0.25) is 0 Å². The molecular formula is C14H13FN2S. The van der Waals surface area contributed by atoms with E-state index in [2.05, 4.69) is 10.3 Å². The maximum absolute atomic E-state index is 14.1. The highest BCUT2D eigenvalue weighted by atomic mass is 32.1. The smallest absolute Gasteiger partial charge is 0.128 e. The minimum Gasteiger partial charge on any atom is -0.373 e. The highest BCUT2D eigenvalue weighted by molar-refractivity contribution is 7.80. The molecule has 0 aromatic carbocycles. The second-order valence-electron chi connectivity index (χ2n) is 4.63. The number of allylic oxidation sites excluding steroid dienone is 2. The summed E-state index contributed by atoms with van der Waals surface area (Å²) in [5.41, 5.74) is 1.48. The first-order valence-electron chi connectivity index (χ1n) is 6.03. The molecule has 1 saturated heterocycles. The zero-order valence-electron chi connectivity index (χ0n) is 9.77. The number of thiocarbonyl (C=S) groups is 1. The number of aromatic nitrogens is 1. The van der Waals surface area contributed by atoms with Crippen LogP contribution >= 0.6 is 12.2 Å². The Balaban J connectivity index is 1.94. The lowest BCUT2D eigenvalue weighted by Gasteiger charge is -2.33. The maximum Gasteiger partial charge on any atom is 0.128 e. The van der Waals surface area contributed by atoms with Crippen molar-refractivity contribution < 1.29 is 4.39 Å². The predicted octanol–water partition coefficient (Wildman–Crippen LogP) is 3.03. The second-order valence-corrected chi connectivity index (χ2v) is 5.13. The topological polar surface area (TPSA) is 24.9 Å². The Morgan fingerprint density at radius 1 is 1.39 bits per heavy atom. The van der Waals surface area contributed by atoms with Gasteiger partial charge in [-0.2, -0.15) is 0 Å². The van der Waals surface area contributed by atoms with E-state index in [-0.39, 0.29) is 11.9 Å². The molecule has 1 aliphatic carbocycles. The Morgan fingerprint density at radius 3 is 3.06 bits per heavy atom. The van der Waals surface area contributed by atoms with Crippen molar-refractivity contribution in [1.82, 2.24) is 10.3 Å². The van der Waals surface area contributed by atoms with Gasteiger partial charge < -0.3 is 5.32 Å². The number of nitrogens with zero attached hydrogens (tertiary/aromatic N) is 1. The van der Waals surface area contributed by atoms with Gasteiger partial charge in [-0.3, -0.25) is 4.98 Å². The van der Waals surface area contributed by atoms with Crippen LogP contribution < -0.4 is 5.32 Å². The van der Waals surface area contributed by atoms with Crippen molar-refractivity contribution in [2.24, 2.45) is 5.92 Å². The Kier molecular flexibility index (Phi) is 2.96. The number of fused-ring (bicyclic) bond motifs is 1. The third-order valence-electron chi connectivity index (χ3n) is 3.43. The number of rotatable bonds is 1. The van der Waals surface area contributed by atoms with E-state index >= 15 is 0 Å². The van der Waals surface area contributed by atoms with Gasteiger partial charge in [-0.15, -0.1) is 0 Å². The van der Waals surface area contributed by atoms with Gasteiger partial charge in [0.15, 0.2) is 0 Å². The first-order chi connectivity index (χ1) is 8.74. The lowest BCUT2D eigenvalue weighted by molar-refractivity contribution is 0.460. The van der Waals surface area contributed by atoms with Crippen molar-refractivity contribution in [3.8, 4) is 0 Å². The molecular weight excluding hydrogens is 247 g/mol.